The molecule has 0 heterocycles. The fourth-order valence-electron chi connectivity index (χ4n) is 1.95. The van der Waals surface area contributed by atoms with Crippen molar-refractivity contribution in [3.63, 3.8) is 0 Å². The Hall–Kier alpha value is -0.790. The van der Waals surface area contributed by atoms with Gasteiger partial charge in [-0.1, -0.05) is 65.0 Å². The number of esters is 1. The molecule has 0 aromatic carbocycles. The fourth-order valence-corrected chi connectivity index (χ4v) is 1.95. The summed E-state index contributed by atoms with van der Waals surface area (Å²) in [6.45, 7) is 6.91. The van der Waals surface area contributed by atoms with Gasteiger partial charge in [0.15, 0.2) is 0 Å². The van der Waals surface area contributed by atoms with E-state index in [9.17, 15) is 4.79 Å². The molecule has 0 saturated heterocycles. The second-order valence-electron chi connectivity index (χ2n) is 6.00. The summed E-state index contributed by atoms with van der Waals surface area (Å²) in [6.07, 6.45) is 16.2. The smallest absolute Gasteiger partial charge is 0.305 e. The first-order chi connectivity index (χ1) is 9.66. The average Bonchev–Trinajstić information content (AvgIpc) is 2.42. The SMILES string of the molecule is CCCC/C=C/CCCCCCCC(=O)OCC(C)C. The molecule has 2 heteroatoms. The van der Waals surface area contributed by atoms with Gasteiger partial charge in [-0.25, -0.2) is 0 Å². The van der Waals surface area contributed by atoms with E-state index in [0.717, 1.165) is 12.8 Å². The Kier molecular flexibility index (Phi) is 14.0. The van der Waals surface area contributed by atoms with Gasteiger partial charge in [0.25, 0.3) is 0 Å². The topological polar surface area (TPSA) is 26.3 Å². The highest BCUT2D eigenvalue weighted by molar-refractivity contribution is 5.69. The predicted molar refractivity (Wildman–Crippen MR) is 86.8 cm³/mol. The molecule has 0 spiro atoms. The molecule has 0 aliphatic rings. The van der Waals surface area contributed by atoms with Crippen LogP contribution in [-0.4, -0.2) is 12.6 Å². The number of ether oxygens (including phenoxy) is 1. The maximum Gasteiger partial charge on any atom is 0.305 e. The van der Waals surface area contributed by atoms with Crippen LogP contribution in [0.1, 0.15) is 85.0 Å². The van der Waals surface area contributed by atoms with E-state index in [2.05, 4.69) is 32.9 Å². The quantitative estimate of drug-likeness (QED) is 0.247. The zero-order chi connectivity index (χ0) is 15.1. The summed E-state index contributed by atoms with van der Waals surface area (Å²) in [6, 6.07) is 0. The summed E-state index contributed by atoms with van der Waals surface area (Å²) in [5.74, 6) is 0.405. The van der Waals surface area contributed by atoms with Crippen LogP contribution in [0.5, 0.6) is 0 Å². The number of hydrogen-bond donors (Lipinski definition) is 0. The largest absolute Gasteiger partial charge is 0.465 e. The molecule has 0 aromatic heterocycles. The molecule has 0 amide bonds. The van der Waals surface area contributed by atoms with E-state index < -0.39 is 0 Å². The maximum atomic E-state index is 11.4. The molecule has 118 valence electrons. The fraction of sp³-hybridized carbons (Fsp3) is 0.833. The van der Waals surface area contributed by atoms with Gasteiger partial charge in [-0.15, -0.1) is 0 Å². The molecule has 0 rings (SSSR count). The third-order valence-electron chi connectivity index (χ3n) is 3.22. The molecule has 20 heavy (non-hydrogen) atoms. The minimum atomic E-state index is -0.0300. The minimum Gasteiger partial charge on any atom is -0.465 e. The summed E-state index contributed by atoms with van der Waals surface area (Å²) in [5.41, 5.74) is 0. The van der Waals surface area contributed by atoms with Crippen LogP contribution < -0.4 is 0 Å². The van der Waals surface area contributed by atoms with Crippen LogP contribution in [0, 0.1) is 5.92 Å². The van der Waals surface area contributed by atoms with Crippen molar-refractivity contribution in [2.24, 2.45) is 5.92 Å². The van der Waals surface area contributed by atoms with E-state index >= 15 is 0 Å². The van der Waals surface area contributed by atoms with Crippen molar-refractivity contribution in [1.82, 2.24) is 0 Å². The second-order valence-corrected chi connectivity index (χ2v) is 6.00. The summed E-state index contributed by atoms with van der Waals surface area (Å²) in [7, 11) is 0. The van der Waals surface area contributed by atoms with Gasteiger partial charge < -0.3 is 4.74 Å². The molecule has 0 aliphatic heterocycles. The van der Waals surface area contributed by atoms with E-state index in [1.165, 1.54) is 44.9 Å². The highest BCUT2D eigenvalue weighted by atomic mass is 16.5. The van der Waals surface area contributed by atoms with Crippen molar-refractivity contribution in [2.75, 3.05) is 6.61 Å². The zero-order valence-electron chi connectivity index (χ0n) is 13.8. The zero-order valence-corrected chi connectivity index (χ0v) is 13.8. The Labute approximate surface area is 126 Å². The van der Waals surface area contributed by atoms with Crippen molar-refractivity contribution in [2.45, 2.75) is 85.0 Å². The van der Waals surface area contributed by atoms with Gasteiger partial charge in [0.1, 0.15) is 0 Å². The number of unbranched alkanes of at least 4 members (excludes halogenated alkanes) is 7. The lowest BCUT2D eigenvalue weighted by molar-refractivity contribution is -0.144. The third-order valence-corrected chi connectivity index (χ3v) is 3.22. The molecule has 2 nitrogen and oxygen atoms in total. The van der Waals surface area contributed by atoms with Gasteiger partial charge in [-0.2, -0.15) is 0 Å². The average molecular weight is 282 g/mol. The monoisotopic (exact) mass is 282 g/mol. The van der Waals surface area contributed by atoms with Crippen molar-refractivity contribution >= 4 is 5.97 Å². The van der Waals surface area contributed by atoms with Gasteiger partial charge in [-0.3, -0.25) is 4.79 Å². The molecular weight excluding hydrogens is 248 g/mol. The van der Waals surface area contributed by atoms with E-state index in [0.29, 0.717) is 18.9 Å². The first-order valence-electron chi connectivity index (χ1n) is 8.47. The molecule has 0 unspecified atom stereocenters. The van der Waals surface area contributed by atoms with Gasteiger partial charge in [-0.05, 0) is 31.6 Å². The Morgan fingerprint density at radius 3 is 2.20 bits per heavy atom. The molecule has 0 N–H and O–H groups in total. The summed E-state index contributed by atoms with van der Waals surface area (Å²) < 4.78 is 5.15. The van der Waals surface area contributed by atoms with Crippen LogP contribution in [0.15, 0.2) is 12.2 Å². The first-order valence-corrected chi connectivity index (χ1v) is 8.47. The molecule has 0 atom stereocenters. The van der Waals surface area contributed by atoms with Crippen LogP contribution in [0.3, 0.4) is 0 Å². The Morgan fingerprint density at radius 2 is 1.55 bits per heavy atom. The molecule has 0 radical (unpaired) electrons. The number of carbonyl (C=O) groups is 1. The standard InChI is InChI=1S/C18H34O2/c1-4-5-6-7-8-9-10-11-12-13-14-15-18(19)20-16-17(2)3/h7-8,17H,4-6,9-16H2,1-3H3/b8-7+. The Morgan fingerprint density at radius 1 is 0.950 bits per heavy atom. The molecule has 0 fully saturated rings. The number of allylic oxidation sites excluding steroid dienone is 2. The van der Waals surface area contributed by atoms with E-state index in [4.69, 9.17) is 4.74 Å². The summed E-state index contributed by atoms with van der Waals surface area (Å²) in [5, 5.41) is 0. The van der Waals surface area contributed by atoms with Gasteiger partial charge in [0.2, 0.25) is 0 Å². The maximum absolute atomic E-state index is 11.4. The lowest BCUT2D eigenvalue weighted by Crippen LogP contribution is -2.09. The van der Waals surface area contributed by atoms with Gasteiger partial charge >= 0.3 is 5.97 Å². The Bertz CT molecular complexity index is 244. The summed E-state index contributed by atoms with van der Waals surface area (Å²) >= 11 is 0. The Balaban J connectivity index is 3.20. The van der Waals surface area contributed by atoms with Crippen LogP contribution in [-0.2, 0) is 9.53 Å². The molecule has 0 saturated carbocycles. The molecular formula is C18H34O2. The number of hydrogen-bond acceptors (Lipinski definition) is 2. The highest BCUT2D eigenvalue weighted by Gasteiger charge is 2.03. The van der Waals surface area contributed by atoms with E-state index in [-0.39, 0.29) is 5.97 Å². The number of rotatable bonds is 13. The van der Waals surface area contributed by atoms with E-state index in [1.807, 2.05) is 0 Å². The van der Waals surface area contributed by atoms with Gasteiger partial charge in [0, 0.05) is 6.42 Å². The molecule has 0 aliphatic carbocycles. The molecule has 0 aromatic rings. The van der Waals surface area contributed by atoms with Crippen molar-refractivity contribution in [3.8, 4) is 0 Å². The predicted octanol–water partition coefficient (Wildman–Crippen LogP) is 5.66. The molecule has 0 bridgehead atoms. The second kappa shape index (κ2) is 14.6. The number of carbonyl (C=O) groups excluding carboxylic acids is 1. The lowest BCUT2D eigenvalue weighted by atomic mass is 10.1. The highest BCUT2D eigenvalue weighted by Crippen LogP contribution is 2.09. The van der Waals surface area contributed by atoms with Gasteiger partial charge in [0.05, 0.1) is 6.61 Å². The van der Waals surface area contributed by atoms with Crippen LogP contribution >= 0.6 is 0 Å². The van der Waals surface area contributed by atoms with Crippen molar-refractivity contribution < 1.29 is 9.53 Å². The van der Waals surface area contributed by atoms with Crippen molar-refractivity contribution in [1.29, 1.82) is 0 Å². The van der Waals surface area contributed by atoms with Crippen LogP contribution in [0.25, 0.3) is 0 Å². The lowest BCUT2D eigenvalue weighted by Gasteiger charge is -2.06. The normalized spacial score (nSPS) is 11.4. The van der Waals surface area contributed by atoms with E-state index in [1.54, 1.807) is 0 Å². The summed E-state index contributed by atoms with van der Waals surface area (Å²) in [4.78, 5) is 11.4. The third kappa shape index (κ3) is 15.3. The first kappa shape index (κ1) is 19.2. The minimum absolute atomic E-state index is 0.0300. The van der Waals surface area contributed by atoms with Crippen molar-refractivity contribution in [3.05, 3.63) is 12.2 Å². The van der Waals surface area contributed by atoms with Crippen LogP contribution in [0.2, 0.25) is 0 Å². The van der Waals surface area contributed by atoms with Crippen LogP contribution in [0.4, 0.5) is 0 Å².